The predicted molar refractivity (Wildman–Crippen MR) is 122 cm³/mol. The highest BCUT2D eigenvalue weighted by Crippen LogP contribution is 2.13. The van der Waals surface area contributed by atoms with E-state index >= 15 is 0 Å². The van der Waals surface area contributed by atoms with E-state index in [0.717, 1.165) is 30.3 Å². The summed E-state index contributed by atoms with van der Waals surface area (Å²) in [4.78, 5) is 20.4. The molecule has 8 heteroatoms. The molecule has 1 amide bonds. The highest BCUT2D eigenvalue weighted by Gasteiger charge is 2.03. The molecule has 0 fully saturated rings. The average molecular weight is 502 g/mol. The minimum absolute atomic E-state index is 0. The van der Waals surface area contributed by atoms with Crippen LogP contribution in [0.5, 0.6) is 0 Å². The molecule has 2 rings (SSSR count). The summed E-state index contributed by atoms with van der Waals surface area (Å²) in [7, 11) is 1.73. The van der Waals surface area contributed by atoms with E-state index in [9.17, 15) is 4.79 Å². The van der Waals surface area contributed by atoms with Crippen molar-refractivity contribution < 1.29 is 4.79 Å². The Balaban J connectivity index is 0.00000364. The van der Waals surface area contributed by atoms with Crippen molar-refractivity contribution in [3.05, 3.63) is 59.4 Å². The molecule has 0 bridgehead atoms. The lowest BCUT2D eigenvalue weighted by Crippen LogP contribution is -2.39. The van der Waals surface area contributed by atoms with Gasteiger partial charge in [-0.05, 0) is 42.8 Å². The number of guanidine groups is 1. The van der Waals surface area contributed by atoms with Crippen molar-refractivity contribution >= 4 is 53.1 Å². The second-order valence-electron chi connectivity index (χ2n) is 5.66. The topological polar surface area (TPSA) is 78.4 Å². The first-order valence-electron chi connectivity index (χ1n) is 8.57. The number of anilines is 1. The van der Waals surface area contributed by atoms with Gasteiger partial charge in [0.1, 0.15) is 0 Å². The molecule has 0 aliphatic heterocycles. The molecule has 1 aromatic heterocycles. The lowest BCUT2D eigenvalue weighted by atomic mass is 10.2. The van der Waals surface area contributed by atoms with Gasteiger partial charge in [-0.1, -0.05) is 17.7 Å². The van der Waals surface area contributed by atoms with Crippen molar-refractivity contribution in [3.63, 3.8) is 0 Å². The standard InChI is InChI=1S/C19H24ClN5O.HI/c1-21-19(24-14-11-16-5-2-3-12-22-16)23-13-4-6-18(26)25-17-9-7-15(20)8-10-17;/h2-3,5,7-10,12H,4,6,11,13-14H2,1H3,(H,25,26)(H2,21,23,24);1H. The van der Waals surface area contributed by atoms with E-state index < -0.39 is 0 Å². The molecule has 0 unspecified atom stereocenters. The van der Waals surface area contributed by atoms with Crippen LogP contribution in [0, 0.1) is 0 Å². The fourth-order valence-corrected chi connectivity index (χ4v) is 2.41. The third kappa shape index (κ3) is 9.58. The van der Waals surface area contributed by atoms with Gasteiger partial charge in [0, 0.05) is 55.6 Å². The van der Waals surface area contributed by atoms with E-state index in [2.05, 4.69) is 25.9 Å². The summed E-state index contributed by atoms with van der Waals surface area (Å²) < 4.78 is 0. The number of pyridine rings is 1. The van der Waals surface area contributed by atoms with Crippen LogP contribution in [0.4, 0.5) is 5.69 Å². The van der Waals surface area contributed by atoms with E-state index in [1.807, 2.05) is 18.2 Å². The van der Waals surface area contributed by atoms with Gasteiger partial charge in [-0.2, -0.15) is 0 Å². The molecule has 3 N–H and O–H groups in total. The van der Waals surface area contributed by atoms with Gasteiger partial charge >= 0.3 is 0 Å². The van der Waals surface area contributed by atoms with Crippen LogP contribution in [0.1, 0.15) is 18.5 Å². The number of aliphatic imine (C=N–C) groups is 1. The van der Waals surface area contributed by atoms with E-state index in [4.69, 9.17) is 11.6 Å². The highest BCUT2D eigenvalue weighted by molar-refractivity contribution is 14.0. The first kappa shape index (κ1) is 23.2. The molecule has 146 valence electrons. The summed E-state index contributed by atoms with van der Waals surface area (Å²) in [5.41, 5.74) is 1.79. The van der Waals surface area contributed by atoms with Crippen molar-refractivity contribution in [1.29, 1.82) is 0 Å². The Kier molecular flexibility index (Phi) is 11.4. The van der Waals surface area contributed by atoms with E-state index in [-0.39, 0.29) is 29.9 Å². The Hall–Kier alpha value is -1.87. The van der Waals surface area contributed by atoms with Crippen LogP contribution in [0.25, 0.3) is 0 Å². The summed E-state index contributed by atoms with van der Waals surface area (Å²) in [6.45, 7) is 1.41. The smallest absolute Gasteiger partial charge is 0.224 e. The molecule has 2 aromatic rings. The summed E-state index contributed by atoms with van der Waals surface area (Å²) in [6.07, 6.45) is 3.75. The minimum atomic E-state index is -0.0211. The zero-order valence-electron chi connectivity index (χ0n) is 15.2. The quantitative estimate of drug-likeness (QED) is 0.224. The predicted octanol–water partition coefficient (Wildman–Crippen LogP) is 3.48. The van der Waals surface area contributed by atoms with Crippen LogP contribution in [-0.4, -0.2) is 37.0 Å². The Morgan fingerprint density at radius 3 is 2.52 bits per heavy atom. The number of hydrogen-bond donors (Lipinski definition) is 3. The van der Waals surface area contributed by atoms with Gasteiger partial charge in [-0.15, -0.1) is 24.0 Å². The number of nitrogens with zero attached hydrogens (tertiary/aromatic N) is 2. The normalized spacial score (nSPS) is 10.7. The van der Waals surface area contributed by atoms with E-state index in [1.165, 1.54) is 0 Å². The maximum absolute atomic E-state index is 11.9. The van der Waals surface area contributed by atoms with Crippen LogP contribution >= 0.6 is 35.6 Å². The van der Waals surface area contributed by atoms with Gasteiger partial charge in [0.25, 0.3) is 0 Å². The lowest BCUT2D eigenvalue weighted by Gasteiger charge is -2.11. The van der Waals surface area contributed by atoms with Gasteiger partial charge < -0.3 is 16.0 Å². The molecule has 27 heavy (non-hydrogen) atoms. The zero-order chi connectivity index (χ0) is 18.6. The number of aromatic nitrogens is 1. The van der Waals surface area contributed by atoms with Crippen molar-refractivity contribution in [2.45, 2.75) is 19.3 Å². The summed E-state index contributed by atoms with van der Waals surface area (Å²) in [6, 6.07) is 12.9. The largest absolute Gasteiger partial charge is 0.356 e. The maximum Gasteiger partial charge on any atom is 0.224 e. The van der Waals surface area contributed by atoms with Crippen LogP contribution in [0.15, 0.2) is 53.7 Å². The average Bonchev–Trinajstić information content (AvgIpc) is 2.66. The third-order valence-electron chi connectivity index (χ3n) is 3.62. The number of halogens is 2. The molecular formula is C19H25ClIN5O. The van der Waals surface area contributed by atoms with Crippen LogP contribution in [0.2, 0.25) is 5.02 Å². The van der Waals surface area contributed by atoms with Crippen molar-refractivity contribution in [3.8, 4) is 0 Å². The maximum atomic E-state index is 11.9. The molecule has 1 aromatic carbocycles. The third-order valence-corrected chi connectivity index (χ3v) is 3.88. The molecule has 6 nitrogen and oxygen atoms in total. The molecule has 0 saturated heterocycles. The molecule has 0 radical (unpaired) electrons. The second kappa shape index (κ2) is 13.3. The Morgan fingerprint density at radius 2 is 1.85 bits per heavy atom. The Bertz CT molecular complexity index is 710. The summed E-state index contributed by atoms with van der Waals surface area (Å²) >= 11 is 5.82. The monoisotopic (exact) mass is 501 g/mol. The van der Waals surface area contributed by atoms with Crippen molar-refractivity contribution in [1.82, 2.24) is 15.6 Å². The first-order chi connectivity index (χ1) is 12.7. The second-order valence-corrected chi connectivity index (χ2v) is 6.09. The van der Waals surface area contributed by atoms with Gasteiger partial charge in [0.05, 0.1) is 0 Å². The van der Waals surface area contributed by atoms with Crippen LogP contribution < -0.4 is 16.0 Å². The number of carbonyl (C=O) groups excluding carboxylic acids is 1. The number of hydrogen-bond acceptors (Lipinski definition) is 3. The van der Waals surface area contributed by atoms with Crippen LogP contribution in [0.3, 0.4) is 0 Å². The van der Waals surface area contributed by atoms with Crippen LogP contribution in [-0.2, 0) is 11.2 Å². The van der Waals surface area contributed by atoms with Crippen molar-refractivity contribution in [2.24, 2.45) is 4.99 Å². The number of carbonyl (C=O) groups is 1. The Morgan fingerprint density at radius 1 is 1.11 bits per heavy atom. The van der Waals surface area contributed by atoms with Gasteiger partial charge in [-0.25, -0.2) is 0 Å². The van der Waals surface area contributed by atoms with Gasteiger partial charge in [0.15, 0.2) is 5.96 Å². The summed E-state index contributed by atoms with van der Waals surface area (Å²) in [5.74, 6) is 0.700. The highest BCUT2D eigenvalue weighted by atomic mass is 127. The molecule has 0 atom stereocenters. The summed E-state index contributed by atoms with van der Waals surface area (Å²) in [5, 5.41) is 9.93. The fraction of sp³-hybridized carbons (Fsp3) is 0.316. The van der Waals surface area contributed by atoms with E-state index in [1.54, 1.807) is 37.5 Å². The fourth-order valence-electron chi connectivity index (χ4n) is 2.29. The lowest BCUT2D eigenvalue weighted by molar-refractivity contribution is -0.116. The molecule has 1 heterocycles. The minimum Gasteiger partial charge on any atom is -0.356 e. The van der Waals surface area contributed by atoms with Crippen molar-refractivity contribution in [2.75, 3.05) is 25.5 Å². The molecular weight excluding hydrogens is 477 g/mol. The zero-order valence-corrected chi connectivity index (χ0v) is 18.3. The van der Waals surface area contributed by atoms with Gasteiger partial charge in [-0.3, -0.25) is 14.8 Å². The number of nitrogens with one attached hydrogen (secondary N) is 3. The molecule has 0 aliphatic carbocycles. The first-order valence-corrected chi connectivity index (χ1v) is 8.95. The molecule has 0 saturated carbocycles. The molecule has 0 aliphatic rings. The number of rotatable bonds is 8. The number of amides is 1. The number of benzene rings is 1. The Labute approximate surface area is 182 Å². The molecule has 0 spiro atoms. The van der Waals surface area contributed by atoms with E-state index in [0.29, 0.717) is 24.4 Å². The SMILES string of the molecule is CN=C(NCCCC(=O)Nc1ccc(Cl)cc1)NCCc1ccccn1.I. The van der Waals surface area contributed by atoms with Gasteiger partial charge in [0.2, 0.25) is 5.91 Å².